The van der Waals surface area contributed by atoms with Gasteiger partial charge in [-0.1, -0.05) is 51.3 Å². The van der Waals surface area contributed by atoms with Crippen molar-refractivity contribution in [2.45, 2.75) is 64.3 Å². The Morgan fingerprint density at radius 2 is 2.00 bits per heavy atom. The smallest absolute Gasteiger partial charge is 0.124 e. The van der Waals surface area contributed by atoms with Crippen molar-refractivity contribution in [3.05, 3.63) is 29.8 Å². The molecule has 2 N–H and O–H groups in total. The van der Waals surface area contributed by atoms with E-state index >= 15 is 0 Å². The predicted molar refractivity (Wildman–Crippen MR) is 85.0 cm³/mol. The summed E-state index contributed by atoms with van der Waals surface area (Å²) in [7, 11) is 0. The molecule has 0 aliphatic heterocycles. The molecule has 0 bridgehead atoms. The van der Waals surface area contributed by atoms with E-state index in [0.717, 1.165) is 37.5 Å². The van der Waals surface area contributed by atoms with E-state index in [0.29, 0.717) is 0 Å². The monoisotopic (exact) mass is 275 g/mol. The first kappa shape index (κ1) is 15.4. The highest BCUT2D eigenvalue weighted by molar-refractivity contribution is 5.39. The molecule has 0 aromatic heterocycles. The maximum absolute atomic E-state index is 6.79. The molecule has 20 heavy (non-hydrogen) atoms. The molecule has 1 aromatic rings. The highest BCUT2D eigenvalue weighted by atomic mass is 16.5. The zero-order valence-electron chi connectivity index (χ0n) is 13.0. The largest absolute Gasteiger partial charge is 0.493 e. The lowest BCUT2D eigenvalue weighted by atomic mass is 9.83. The van der Waals surface area contributed by atoms with Gasteiger partial charge in [-0.2, -0.15) is 0 Å². The summed E-state index contributed by atoms with van der Waals surface area (Å²) >= 11 is 0. The minimum atomic E-state index is -0.200. The standard InChI is InChI=1S/C18H29NO/c1-3-14-20-17-10-6-5-9-16(17)18(19)12-7-8-15(4-2)11-13-18/h5-6,9-10,15H,3-4,7-8,11-14,19H2,1-2H3. The van der Waals surface area contributed by atoms with Gasteiger partial charge in [0, 0.05) is 11.1 Å². The van der Waals surface area contributed by atoms with Crippen LogP contribution in [0.15, 0.2) is 24.3 Å². The van der Waals surface area contributed by atoms with Crippen LogP contribution in [0.1, 0.15) is 64.4 Å². The Bertz CT molecular complexity index is 418. The number of rotatable bonds is 5. The molecule has 2 rings (SSSR count). The van der Waals surface area contributed by atoms with Gasteiger partial charge in [0.05, 0.1) is 6.61 Å². The number of hydrogen-bond donors (Lipinski definition) is 1. The van der Waals surface area contributed by atoms with Crippen molar-refractivity contribution in [2.75, 3.05) is 6.61 Å². The van der Waals surface area contributed by atoms with E-state index in [1.54, 1.807) is 0 Å². The van der Waals surface area contributed by atoms with Crippen LogP contribution in [-0.2, 0) is 5.54 Å². The van der Waals surface area contributed by atoms with Crippen LogP contribution >= 0.6 is 0 Å². The lowest BCUT2D eigenvalue weighted by Crippen LogP contribution is -2.36. The summed E-state index contributed by atoms with van der Waals surface area (Å²) in [6, 6.07) is 8.37. The fourth-order valence-electron chi connectivity index (χ4n) is 3.33. The molecule has 2 heteroatoms. The summed E-state index contributed by atoms with van der Waals surface area (Å²) in [4.78, 5) is 0. The zero-order chi connectivity index (χ0) is 14.4. The Morgan fingerprint density at radius 3 is 2.75 bits per heavy atom. The van der Waals surface area contributed by atoms with Crippen molar-refractivity contribution in [3.8, 4) is 5.75 Å². The van der Waals surface area contributed by atoms with Gasteiger partial charge in [-0.05, 0) is 37.7 Å². The van der Waals surface area contributed by atoms with E-state index in [1.165, 1.54) is 31.2 Å². The van der Waals surface area contributed by atoms with Crippen LogP contribution in [0.25, 0.3) is 0 Å². The first-order valence-corrected chi connectivity index (χ1v) is 8.20. The summed E-state index contributed by atoms with van der Waals surface area (Å²) < 4.78 is 5.92. The predicted octanol–water partition coefficient (Wildman–Crippen LogP) is 4.62. The molecule has 2 unspecified atom stereocenters. The van der Waals surface area contributed by atoms with E-state index in [-0.39, 0.29) is 5.54 Å². The highest BCUT2D eigenvalue weighted by Gasteiger charge is 2.32. The molecule has 0 saturated heterocycles. The molecule has 1 aliphatic rings. The molecule has 1 saturated carbocycles. The van der Waals surface area contributed by atoms with Crippen molar-refractivity contribution in [2.24, 2.45) is 11.7 Å². The Labute approximate surface area is 123 Å². The van der Waals surface area contributed by atoms with E-state index in [9.17, 15) is 0 Å². The van der Waals surface area contributed by atoms with Gasteiger partial charge in [0.1, 0.15) is 5.75 Å². The van der Waals surface area contributed by atoms with Crippen molar-refractivity contribution < 1.29 is 4.74 Å². The summed E-state index contributed by atoms with van der Waals surface area (Å²) in [5, 5.41) is 0. The van der Waals surface area contributed by atoms with E-state index in [2.05, 4.69) is 32.0 Å². The van der Waals surface area contributed by atoms with Gasteiger partial charge in [0.2, 0.25) is 0 Å². The van der Waals surface area contributed by atoms with Gasteiger partial charge in [0.25, 0.3) is 0 Å². The van der Waals surface area contributed by atoms with Crippen LogP contribution < -0.4 is 10.5 Å². The third kappa shape index (κ3) is 3.54. The van der Waals surface area contributed by atoms with Crippen molar-refractivity contribution >= 4 is 0 Å². The van der Waals surface area contributed by atoms with Crippen molar-refractivity contribution in [1.82, 2.24) is 0 Å². The minimum absolute atomic E-state index is 0.200. The van der Waals surface area contributed by atoms with Crippen LogP contribution in [0.5, 0.6) is 5.75 Å². The molecule has 0 radical (unpaired) electrons. The minimum Gasteiger partial charge on any atom is -0.493 e. The molecular weight excluding hydrogens is 246 g/mol. The van der Waals surface area contributed by atoms with Crippen molar-refractivity contribution in [3.63, 3.8) is 0 Å². The second-order valence-corrected chi connectivity index (χ2v) is 6.21. The molecule has 1 fully saturated rings. The second kappa shape index (κ2) is 7.12. The average molecular weight is 275 g/mol. The molecule has 2 nitrogen and oxygen atoms in total. The van der Waals surface area contributed by atoms with Gasteiger partial charge >= 0.3 is 0 Å². The normalized spacial score (nSPS) is 27.1. The molecule has 2 atom stereocenters. The van der Waals surface area contributed by atoms with Gasteiger partial charge in [-0.3, -0.25) is 0 Å². The number of nitrogens with two attached hydrogens (primary N) is 1. The second-order valence-electron chi connectivity index (χ2n) is 6.21. The summed E-state index contributed by atoms with van der Waals surface area (Å²) in [5.74, 6) is 1.84. The maximum atomic E-state index is 6.79. The number of ether oxygens (including phenoxy) is 1. The van der Waals surface area contributed by atoms with E-state index in [1.807, 2.05) is 6.07 Å². The SMILES string of the molecule is CCCOc1ccccc1C1(N)CCCC(CC)CC1. The zero-order valence-corrected chi connectivity index (χ0v) is 13.0. The van der Waals surface area contributed by atoms with E-state index < -0.39 is 0 Å². The Kier molecular flexibility index (Phi) is 5.47. The first-order valence-electron chi connectivity index (χ1n) is 8.20. The highest BCUT2D eigenvalue weighted by Crippen LogP contribution is 2.40. The van der Waals surface area contributed by atoms with Crippen LogP contribution in [0.3, 0.4) is 0 Å². The van der Waals surface area contributed by atoms with Crippen LogP contribution in [0.2, 0.25) is 0 Å². The average Bonchev–Trinajstić information content (AvgIpc) is 2.68. The molecular formula is C18H29NO. The topological polar surface area (TPSA) is 35.2 Å². The molecule has 112 valence electrons. The summed E-state index contributed by atoms with van der Waals surface area (Å²) in [6.45, 7) is 5.20. The van der Waals surface area contributed by atoms with Crippen LogP contribution in [-0.4, -0.2) is 6.61 Å². The van der Waals surface area contributed by atoms with Crippen LogP contribution in [0.4, 0.5) is 0 Å². The third-order valence-corrected chi connectivity index (χ3v) is 4.70. The number of para-hydroxylation sites is 1. The maximum Gasteiger partial charge on any atom is 0.124 e. The summed E-state index contributed by atoms with van der Waals surface area (Å²) in [6.07, 6.45) is 8.28. The Morgan fingerprint density at radius 1 is 1.20 bits per heavy atom. The Hall–Kier alpha value is -1.02. The van der Waals surface area contributed by atoms with Gasteiger partial charge < -0.3 is 10.5 Å². The lowest BCUT2D eigenvalue weighted by molar-refractivity contribution is 0.294. The van der Waals surface area contributed by atoms with E-state index in [4.69, 9.17) is 10.5 Å². The molecule has 0 heterocycles. The number of benzene rings is 1. The molecule has 0 amide bonds. The van der Waals surface area contributed by atoms with Gasteiger partial charge in [-0.15, -0.1) is 0 Å². The fourth-order valence-corrected chi connectivity index (χ4v) is 3.33. The van der Waals surface area contributed by atoms with Gasteiger partial charge in [0.15, 0.2) is 0 Å². The third-order valence-electron chi connectivity index (χ3n) is 4.70. The number of hydrogen-bond acceptors (Lipinski definition) is 2. The lowest BCUT2D eigenvalue weighted by Gasteiger charge is -2.30. The summed E-state index contributed by atoms with van der Waals surface area (Å²) in [5.41, 5.74) is 7.80. The molecule has 1 aromatic carbocycles. The quantitative estimate of drug-likeness (QED) is 0.796. The Balaban J connectivity index is 2.20. The fraction of sp³-hybridized carbons (Fsp3) is 0.667. The van der Waals surface area contributed by atoms with Gasteiger partial charge in [-0.25, -0.2) is 0 Å². The van der Waals surface area contributed by atoms with Crippen LogP contribution in [0, 0.1) is 5.92 Å². The molecule has 0 spiro atoms. The molecule has 1 aliphatic carbocycles. The first-order chi connectivity index (χ1) is 9.69. The van der Waals surface area contributed by atoms with Crippen molar-refractivity contribution in [1.29, 1.82) is 0 Å².